The first kappa shape index (κ1) is 16.5. The smallest absolute Gasteiger partial charge is 0.264 e. The van der Waals surface area contributed by atoms with Gasteiger partial charge in [0.1, 0.15) is 0 Å². The Balaban J connectivity index is 1.90. The highest BCUT2D eigenvalue weighted by atomic mass is 32.2. The van der Waals surface area contributed by atoms with Crippen molar-refractivity contribution in [3.63, 3.8) is 0 Å². The van der Waals surface area contributed by atoms with Crippen LogP contribution < -0.4 is 9.41 Å². The number of aliphatic carboxylic acids is 1. The topological polar surface area (TPSA) is 77.5 Å². The number of anilines is 1. The third-order valence-electron chi connectivity index (χ3n) is 4.24. The predicted molar refractivity (Wildman–Crippen MR) is 89.0 cm³/mol. The average molecular weight is 344 g/mol. The highest BCUT2D eigenvalue weighted by molar-refractivity contribution is 7.92. The van der Waals surface area contributed by atoms with Crippen molar-refractivity contribution in [2.45, 2.75) is 37.1 Å². The fraction of sp³-hybridized carbons (Fsp3) is 0.278. The second-order valence-corrected chi connectivity index (χ2v) is 7.81. The third-order valence-corrected chi connectivity index (χ3v) is 6.19. The SMILES string of the molecule is C[C@@H]1Cc2ccccc2N1S(=O)(=O)c1ccc(CCC(=O)[O-])cc1. The van der Waals surface area contributed by atoms with Crippen LogP contribution in [0.5, 0.6) is 0 Å². The first-order valence-electron chi connectivity index (χ1n) is 7.81. The van der Waals surface area contributed by atoms with Gasteiger partial charge in [-0.1, -0.05) is 30.3 Å². The molecule has 0 unspecified atom stereocenters. The lowest BCUT2D eigenvalue weighted by Gasteiger charge is -2.24. The normalized spacial score (nSPS) is 16.9. The van der Waals surface area contributed by atoms with Gasteiger partial charge in [-0.2, -0.15) is 0 Å². The monoisotopic (exact) mass is 344 g/mol. The van der Waals surface area contributed by atoms with Crippen molar-refractivity contribution in [3.8, 4) is 0 Å². The zero-order valence-corrected chi connectivity index (χ0v) is 14.1. The Labute approximate surface area is 141 Å². The molecule has 0 aliphatic carbocycles. The van der Waals surface area contributed by atoms with E-state index in [4.69, 9.17) is 0 Å². The lowest BCUT2D eigenvalue weighted by molar-refractivity contribution is -0.305. The maximum absolute atomic E-state index is 13.0. The van der Waals surface area contributed by atoms with E-state index in [9.17, 15) is 18.3 Å². The van der Waals surface area contributed by atoms with Crippen LogP contribution in [-0.2, 0) is 27.7 Å². The Bertz CT molecular complexity index is 859. The van der Waals surface area contributed by atoms with E-state index in [1.54, 1.807) is 12.1 Å². The Morgan fingerprint density at radius 3 is 2.50 bits per heavy atom. The number of fused-ring (bicyclic) bond motifs is 1. The van der Waals surface area contributed by atoms with Crippen LogP contribution in [0.2, 0.25) is 0 Å². The molecule has 0 saturated heterocycles. The molecule has 0 radical (unpaired) electrons. The van der Waals surface area contributed by atoms with Gasteiger partial charge in [0.25, 0.3) is 10.0 Å². The number of carboxylic acid groups (broad SMARTS) is 1. The largest absolute Gasteiger partial charge is 0.550 e. The number of para-hydroxylation sites is 1. The maximum atomic E-state index is 13.0. The molecule has 6 heteroatoms. The highest BCUT2D eigenvalue weighted by Crippen LogP contribution is 2.36. The molecular weight excluding hydrogens is 326 g/mol. The van der Waals surface area contributed by atoms with Crippen LogP contribution in [0, 0.1) is 0 Å². The molecule has 0 fully saturated rings. The van der Waals surface area contributed by atoms with Crippen molar-refractivity contribution in [2.24, 2.45) is 0 Å². The summed E-state index contributed by atoms with van der Waals surface area (Å²) in [5.74, 6) is -1.12. The summed E-state index contributed by atoms with van der Waals surface area (Å²) in [6.07, 6.45) is 0.938. The van der Waals surface area contributed by atoms with Gasteiger partial charge < -0.3 is 9.90 Å². The van der Waals surface area contributed by atoms with E-state index in [0.29, 0.717) is 12.8 Å². The van der Waals surface area contributed by atoms with Crippen LogP contribution in [0.25, 0.3) is 0 Å². The van der Waals surface area contributed by atoms with Crippen LogP contribution in [0.4, 0.5) is 5.69 Å². The van der Waals surface area contributed by atoms with Gasteiger partial charge in [0.15, 0.2) is 0 Å². The van der Waals surface area contributed by atoms with Crippen LogP contribution in [-0.4, -0.2) is 20.4 Å². The molecule has 1 atom stereocenters. The zero-order chi connectivity index (χ0) is 17.3. The first-order valence-corrected chi connectivity index (χ1v) is 9.25. The molecule has 1 heterocycles. The summed E-state index contributed by atoms with van der Waals surface area (Å²) in [4.78, 5) is 10.7. The summed E-state index contributed by atoms with van der Waals surface area (Å²) in [7, 11) is -3.64. The molecule has 0 aromatic heterocycles. The van der Waals surface area contributed by atoms with E-state index < -0.39 is 16.0 Å². The fourth-order valence-corrected chi connectivity index (χ4v) is 4.78. The molecule has 2 aromatic carbocycles. The van der Waals surface area contributed by atoms with Gasteiger partial charge in [-0.05, 0) is 55.5 Å². The standard InChI is InChI=1S/C18H19NO4S/c1-13-12-15-4-2-3-5-17(15)19(13)24(22,23)16-9-6-14(7-10-16)8-11-18(20)21/h2-7,9-10,13H,8,11-12H2,1H3,(H,20,21)/p-1/t13-/m1/s1. The van der Waals surface area contributed by atoms with Gasteiger partial charge in [0.2, 0.25) is 0 Å². The van der Waals surface area contributed by atoms with Crippen molar-refractivity contribution in [2.75, 3.05) is 4.31 Å². The molecule has 0 spiro atoms. The average Bonchev–Trinajstić information content (AvgIpc) is 2.89. The minimum Gasteiger partial charge on any atom is -0.550 e. The summed E-state index contributed by atoms with van der Waals surface area (Å²) in [5.41, 5.74) is 2.53. The van der Waals surface area contributed by atoms with Gasteiger partial charge in [-0.15, -0.1) is 0 Å². The van der Waals surface area contributed by atoms with E-state index in [1.807, 2.05) is 31.2 Å². The predicted octanol–water partition coefficient (Wildman–Crippen LogP) is 1.51. The van der Waals surface area contributed by atoms with Crippen LogP contribution in [0.3, 0.4) is 0 Å². The Morgan fingerprint density at radius 1 is 1.17 bits per heavy atom. The summed E-state index contributed by atoms with van der Waals surface area (Å²) in [6, 6.07) is 13.8. The molecule has 0 N–H and O–H groups in total. The Hall–Kier alpha value is -2.34. The zero-order valence-electron chi connectivity index (χ0n) is 13.3. The number of hydrogen-bond acceptors (Lipinski definition) is 4. The summed E-state index contributed by atoms with van der Waals surface area (Å²) >= 11 is 0. The van der Waals surface area contributed by atoms with Crippen molar-refractivity contribution >= 4 is 21.7 Å². The molecule has 1 aliphatic heterocycles. The molecule has 2 aromatic rings. The maximum Gasteiger partial charge on any atom is 0.264 e. The lowest BCUT2D eigenvalue weighted by atomic mass is 10.1. The van der Waals surface area contributed by atoms with Gasteiger partial charge in [0.05, 0.1) is 10.6 Å². The minimum absolute atomic E-state index is 0.0807. The van der Waals surface area contributed by atoms with E-state index in [2.05, 4.69) is 0 Å². The van der Waals surface area contributed by atoms with Gasteiger partial charge in [-0.25, -0.2) is 8.42 Å². The molecule has 5 nitrogen and oxygen atoms in total. The van der Waals surface area contributed by atoms with Crippen LogP contribution >= 0.6 is 0 Å². The number of carboxylic acids is 1. The highest BCUT2D eigenvalue weighted by Gasteiger charge is 2.35. The summed E-state index contributed by atoms with van der Waals surface area (Å²) in [6.45, 7) is 1.89. The van der Waals surface area contributed by atoms with Crippen molar-refractivity contribution in [1.29, 1.82) is 0 Å². The van der Waals surface area contributed by atoms with Crippen molar-refractivity contribution in [1.82, 2.24) is 0 Å². The summed E-state index contributed by atoms with van der Waals surface area (Å²) in [5, 5.41) is 10.5. The molecule has 24 heavy (non-hydrogen) atoms. The lowest BCUT2D eigenvalue weighted by Crippen LogP contribution is -2.35. The van der Waals surface area contributed by atoms with E-state index in [-0.39, 0.29) is 17.4 Å². The van der Waals surface area contributed by atoms with E-state index in [1.165, 1.54) is 16.4 Å². The Kier molecular flexibility index (Phi) is 4.32. The van der Waals surface area contributed by atoms with Crippen LogP contribution in [0.1, 0.15) is 24.5 Å². The molecule has 3 rings (SSSR count). The number of benzene rings is 2. The first-order chi connectivity index (χ1) is 11.4. The third kappa shape index (κ3) is 3.01. The number of hydrogen-bond donors (Lipinski definition) is 0. The number of aryl methyl sites for hydroxylation is 1. The number of carbonyl (C=O) groups excluding carboxylic acids is 1. The van der Waals surface area contributed by atoms with Gasteiger partial charge >= 0.3 is 0 Å². The quantitative estimate of drug-likeness (QED) is 0.824. The number of nitrogens with zero attached hydrogens (tertiary/aromatic N) is 1. The number of carbonyl (C=O) groups is 1. The molecule has 1 aliphatic rings. The summed E-state index contributed by atoms with van der Waals surface area (Å²) < 4.78 is 27.5. The van der Waals surface area contributed by atoms with E-state index >= 15 is 0 Å². The molecule has 0 amide bonds. The molecule has 126 valence electrons. The second-order valence-electron chi connectivity index (χ2n) is 6.00. The second kappa shape index (κ2) is 6.28. The van der Waals surface area contributed by atoms with Gasteiger partial charge in [0, 0.05) is 12.0 Å². The molecule has 0 bridgehead atoms. The van der Waals surface area contributed by atoms with Crippen molar-refractivity contribution in [3.05, 3.63) is 59.7 Å². The van der Waals surface area contributed by atoms with Crippen LogP contribution in [0.15, 0.2) is 53.4 Å². The fourth-order valence-electron chi connectivity index (χ4n) is 3.09. The van der Waals surface area contributed by atoms with E-state index in [0.717, 1.165) is 16.8 Å². The minimum atomic E-state index is -3.64. The molecular formula is C18H18NO4S-. The molecule has 0 saturated carbocycles. The number of sulfonamides is 1. The van der Waals surface area contributed by atoms with Gasteiger partial charge in [-0.3, -0.25) is 4.31 Å². The number of rotatable bonds is 5. The Morgan fingerprint density at radius 2 is 1.83 bits per heavy atom. The van der Waals surface area contributed by atoms with Crippen molar-refractivity contribution < 1.29 is 18.3 Å².